The molecule has 9 heteroatoms. The van der Waals surface area contributed by atoms with Crippen LogP contribution in [0.5, 0.6) is 0 Å². The van der Waals surface area contributed by atoms with E-state index in [-0.39, 0.29) is 17.5 Å². The molecule has 0 aliphatic carbocycles. The van der Waals surface area contributed by atoms with Crippen molar-refractivity contribution in [3.8, 4) is 21.7 Å². The molecular weight excluding hydrogens is 575 g/mol. The molecule has 5 aromatic rings. The maximum absolute atomic E-state index is 14.4. The first-order chi connectivity index (χ1) is 21.3. The first kappa shape index (κ1) is 28.1. The van der Waals surface area contributed by atoms with Crippen LogP contribution in [0.15, 0.2) is 84.9 Å². The summed E-state index contributed by atoms with van der Waals surface area (Å²) in [6.07, 6.45) is -0.0775. The van der Waals surface area contributed by atoms with Crippen molar-refractivity contribution in [2.24, 2.45) is 0 Å². The largest absolute Gasteiger partial charge is 0.374 e. The van der Waals surface area contributed by atoms with Crippen LogP contribution < -0.4 is 10.2 Å². The lowest BCUT2D eigenvalue weighted by Gasteiger charge is -2.23. The number of pyridine rings is 1. The van der Waals surface area contributed by atoms with Crippen molar-refractivity contribution >= 4 is 34.5 Å². The molecule has 2 aliphatic rings. The molecule has 0 fully saturated rings. The Morgan fingerprint density at radius 2 is 1.82 bits per heavy atom. The fourth-order valence-electron chi connectivity index (χ4n) is 5.98. The molecule has 0 spiro atoms. The Hall–Kier alpha value is -4.70. The molecule has 2 aromatic heterocycles. The third kappa shape index (κ3) is 4.89. The highest BCUT2D eigenvalue weighted by molar-refractivity contribution is 7.17. The molecule has 0 saturated heterocycles. The smallest absolute Gasteiger partial charge is 0.276 e. The van der Waals surface area contributed by atoms with Gasteiger partial charge in [0.25, 0.3) is 11.8 Å². The molecule has 4 heterocycles. The van der Waals surface area contributed by atoms with Crippen LogP contribution in [0.4, 0.5) is 15.8 Å². The number of amides is 2. The van der Waals surface area contributed by atoms with Crippen molar-refractivity contribution in [3.05, 3.63) is 124 Å². The summed E-state index contributed by atoms with van der Waals surface area (Å²) >= 11 is 1.34. The minimum Gasteiger partial charge on any atom is -0.374 e. The molecule has 3 aromatic carbocycles. The Labute approximate surface area is 258 Å². The molecule has 0 bridgehead atoms. The van der Waals surface area contributed by atoms with Gasteiger partial charge in [-0.3, -0.25) is 14.5 Å². The van der Waals surface area contributed by atoms with E-state index in [4.69, 9.17) is 4.98 Å². The van der Waals surface area contributed by atoms with Crippen LogP contribution in [0.2, 0.25) is 0 Å². The van der Waals surface area contributed by atoms with E-state index >= 15 is 0 Å². The summed E-state index contributed by atoms with van der Waals surface area (Å²) in [6.45, 7) is 2.80. The van der Waals surface area contributed by atoms with E-state index in [0.717, 1.165) is 38.4 Å². The van der Waals surface area contributed by atoms with Crippen LogP contribution in [0.25, 0.3) is 21.7 Å². The lowest BCUT2D eigenvalue weighted by atomic mass is 10.0. The number of thiophene rings is 1. The highest BCUT2D eigenvalue weighted by atomic mass is 32.1. The highest BCUT2D eigenvalue weighted by Crippen LogP contribution is 2.42. The predicted molar refractivity (Wildman–Crippen MR) is 170 cm³/mol. The van der Waals surface area contributed by atoms with Crippen LogP contribution in [0.3, 0.4) is 0 Å². The molecule has 220 valence electrons. The van der Waals surface area contributed by atoms with Crippen molar-refractivity contribution in [2.45, 2.75) is 26.1 Å². The molecule has 2 amide bonds. The average Bonchev–Trinajstić information content (AvgIpc) is 3.54. The second-order valence-electron chi connectivity index (χ2n) is 11.2. The number of aryl methyl sites for hydroxylation is 1. The van der Waals surface area contributed by atoms with Crippen molar-refractivity contribution in [1.29, 1.82) is 0 Å². The first-order valence-corrected chi connectivity index (χ1v) is 15.2. The maximum atomic E-state index is 14.4. The molecule has 44 heavy (non-hydrogen) atoms. The lowest BCUT2D eigenvalue weighted by Crippen LogP contribution is -2.33. The zero-order valence-electron chi connectivity index (χ0n) is 24.2. The summed E-state index contributed by atoms with van der Waals surface area (Å²) < 4.78 is 14.4. The van der Waals surface area contributed by atoms with Gasteiger partial charge in [0.1, 0.15) is 17.7 Å². The number of para-hydroxylation sites is 2. The molecule has 7 nitrogen and oxygen atoms in total. The van der Waals surface area contributed by atoms with E-state index in [9.17, 15) is 19.1 Å². The number of halogens is 1. The van der Waals surface area contributed by atoms with Gasteiger partial charge in [0.15, 0.2) is 0 Å². The second kappa shape index (κ2) is 11.1. The summed E-state index contributed by atoms with van der Waals surface area (Å²) in [5.74, 6) is -1.05. The van der Waals surface area contributed by atoms with Crippen molar-refractivity contribution < 1.29 is 19.1 Å². The van der Waals surface area contributed by atoms with Crippen molar-refractivity contribution in [2.75, 3.05) is 23.8 Å². The number of aliphatic hydroxyl groups is 1. The standard InChI is InChI=1S/C35H29FN4O3S/c1-20-7-5-9-26(36)31(20)38-33(41)30-18-22-15-16-40(29-12-4-3-8-25(29)32(22)44-30)35(43)28-11-6-10-27(37-28)21-13-14-24-23(17-21)19-39(2)34(24)42/h3-14,17-18,34,42H,15-16,19H2,1-2H3,(H,38,41). The van der Waals surface area contributed by atoms with Gasteiger partial charge in [-0.2, -0.15) is 0 Å². The maximum Gasteiger partial charge on any atom is 0.276 e. The van der Waals surface area contributed by atoms with Crippen molar-refractivity contribution in [1.82, 2.24) is 9.88 Å². The van der Waals surface area contributed by atoms with Crippen LogP contribution >= 0.6 is 11.3 Å². The summed E-state index contributed by atoms with van der Waals surface area (Å²) in [7, 11) is 1.88. The molecule has 0 saturated carbocycles. The van der Waals surface area contributed by atoms with E-state index in [0.29, 0.717) is 41.3 Å². The van der Waals surface area contributed by atoms with Gasteiger partial charge in [0, 0.05) is 29.1 Å². The molecule has 7 rings (SSSR count). The fraction of sp³-hybridized carbons (Fsp3) is 0.171. The zero-order chi connectivity index (χ0) is 30.5. The molecule has 1 atom stereocenters. The fourth-order valence-corrected chi connectivity index (χ4v) is 7.12. The summed E-state index contributed by atoms with van der Waals surface area (Å²) in [6, 6.07) is 25.6. The van der Waals surface area contributed by atoms with Crippen LogP contribution in [-0.2, 0) is 13.0 Å². The quantitative estimate of drug-likeness (QED) is 0.235. The number of benzene rings is 3. The normalized spacial score (nSPS) is 15.7. The number of carbonyl (C=O) groups is 2. The van der Waals surface area contributed by atoms with E-state index in [2.05, 4.69) is 5.32 Å². The molecular formula is C35H29FN4O3S. The van der Waals surface area contributed by atoms with Gasteiger partial charge in [-0.25, -0.2) is 9.37 Å². The van der Waals surface area contributed by atoms with Gasteiger partial charge in [0.05, 0.1) is 21.9 Å². The van der Waals surface area contributed by atoms with Gasteiger partial charge in [-0.1, -0.05) is 48.5 Å². The lowest BCUT2D eigenvalue weighted by molar-refractivity contribution is 0.0337. The number of rotatable bonds is 4. The van der Waals surface area contributed by atoms with E-state index in [1.54, 1.807) is 30.0 Å². The Morgan fingerprint density at radius 3 is 2.66 bits per heavy atom. The number of hydrogen-bond donors (Lipinski definition) is 2. The minimum absolute atomic E-state index is 0.179. The topological polar surface area (TPSA) is 85.8 Å². The highest BCUT2D eigenvalue weighted by Gasteiger charge is 2.29. The van der Waals surface area contributed by atoms with Gasteiger partial charge in [-0.15, -0.1) is 11.3 Å². The Balaban J connectivity index is 1.18. The Kier molecular flexibility index (Phi) is 7.08. The third-order valence-electron chi connectivity index (χ3n) is 8.31. The number of aliphatic hydroxyl groups excluding tert-OH is 1. The number of carbonyl (C=O) groups excluding carboxylic acids is 2. The minimum atomic E-state index is -0.618. The number of nitrogens with zero attached hydrogens (tertiary/aromatic N) is 3. The summed E-state index contributed by atoms with van der Waals surface area (Å²) in [5, 5.41) is 13.1. The monoisotopic (exact) mass is 604 g/mol. The number of aromatic nitrogens is 1. The zero-order valence-corrected chi connectivity index (χ0v) is 25.0. The Morgan fingerprint density at radius 1 is 1.00 bits per heavy atom. The van der Waals surface area contributed by atoms with Crippen LogP contribution in [0.1, 0.15) is 48.6 Å². The third-order valence-corrected chi connectivity index (χ3v) is 9.51. The number of fused-ring (bicyclic) bond motifs is 4. The van der Waals surface area contributed by atoms with Gasteiger partial charge in [0.2, 0.25) is 0 Å². The molecule has 0 radical (unpaired) electrons. The van der Waals surface area contributed by atoms with E-state index < -0.39 is 12.0 Å². The van der Waals surface area contributed by atoms with Crippen LogP contribution in [-0.4, -0.2) is 40.4 Å². The van der Waals surface area contributed by atoms with E-state index in [1.807, 2.05) is 72.6 Å². The number of nitrogens with one attached hydrogen (secondary N) is 1. The first-order valence-electron chi connectivity index (χ1n) is 14.4. The molecule has 1 unspecified atom stereocenters. The number of anilines is 2. The average molecular weight is 605 g/mol. The van der Waals surface area contributed by atoms with Gasteiger partial charge >= 0.3 is 0 Å². The second-order valence-corrected chi connectivity index (χ2v) is 12.2. The van der Waals surface area contributed by atoms with Crippen LogP contribution in [0, 0.1) is 12.7 Å². The predicted octanol–water partition coefficient (Wildman–Crippen LogP) is 6.82. The molecule has 2 N–H and O–H groups in total. The summed E-state index contributed by atoms with van der Waals surface area (Å²) in [4.78, 5) is 37.0. The Bertz CT molecular complexity index is 1930. The molecule has 2 aliphatic heterocycles. The SMILES string of the molecule is Cc1cccc(F)c1NC(=O)c1cc2c(s1)-c1ccccc1N(C(=O)c1cccc(-c3ccc4c(c3)CN(C)C4O)n1)CC2. The van der Waals surface area contributed by atoms with E-state index in [1.165, 1.54) is 17.4 Å². The summed E-state index contributed by atoms with van der Waals surface area (Å²) in [5.41, 5.74) is 7.23. The number of hydrogen-bond acceptors (Lipinski definition) is 6. The van der Waals surface area contributed by atoms with Crippen molar-refractivity contribution in [3.63, 3.8) is 0 Å². The van der Waals surface area contributed by atoms with Gasteiger partial charge in [-0.05, 0) is 79.0 Å². The van der Waals surface area contributed by atoms with Gasteiger partial charge < -0.3 is 15.3 Å².